The average molecular weight is 854 g/mol. The van der Waals surface area contributed by atoms with Crippen molar-refractivity contribution in [3.63, 3.8) is 0 Å². The van der Waals surface area contributed by atoms with Crippen molar-refractivity contribution in [3.05, 3.63) is 261 Å². The standard InChI is InChI=1S/C64H43N3/c1-3-19-44(20-4-1)52-32-17-21-45-22-18-33-53(64(45)52)48-24-16-28-51(42-48)65(62-37-13-14-38-63(62)67-59-35-11-7-29-54(59)55-30-8-12-36-60(55)67)50-27-15-23-46(41-50)47-39-40-61-57(43-47)56-31-9-10-34-58(56)66(61)49-25-5-2-6-26-49/h1-43H. The number of hydrogen-bond acceptors (Lipinski definition) is 1. The summed E-state index contributed by atoms with van der Waals surface area (Å²) in [6.45, 7) is 0. The first kappa shape index (κ1) is 38.5. The molecule has 0 spiro atoms. The highest BCUT2D eigenvalue weighted by Gasteiger charge is 2.22. The van der Waals surface area contributed by atoms with E-state index in [0.717, 1.165) is 39.6 Å². The van der Waals surface area contributed by atoms with E-state index < -0.39 is 0 Å². The summed E-state index contributed by atoms with van der Waals surface area (Å²) >= 11 is 0. The largest absolute Gasteiger partial charge is 0.309 e. The van der Waals surface area contributed by atoms with Crippen molar-refractivity contribution < 1.29 is 0 Å². The van der Waals surface area contributed by atoms with Gasteiger partial charge < -0.3 is 14.0 Å². The smallest absolute Gasteiger partial charge is 0.0702 e. The van der Waals surface area contributed by atoms with Gasteiger partial charge in [-0.1, -0.05) is 182 Å². The van der Waals surface area contributed by atoms with Crippen LogP contribution in [0.25, 0.3) is 99.1 Å². The second-order valence-electron chi connectivity index (χ2n) is 17.3. The quantitative estimate of drug-likeness (QED) is 0.148. The molecular formula is C64H43N3. The number of rotatable bonds is 8. The number of nitrogens with zero attached hydrogens (tertiary/aromatic N) is 3. The Morgan fingerprint density at radius 3 is 1.45 bits per heavy atom. The van der Waals surface area contributed by atoms with E-state index in [0.29, 0.717) is 0 Å². The van der Waals surface area contributed by atoms with Gasteiger partial charge in [-0.2, -0.15) is 0 Å². The third-order valence-electron chi connectivity index (χ3n) is 13.5. The lowest BCUT2D eigenvalue weighted by atomic mass is 9.91. The highest BCUT2D eigenvalue weighted by atomic mass is 15.2. The van der Waals surface area contributed by atoms with Gasteiger partial charge in [0, 0.05) is 38.6 Å². The summed E-state index contributed by atoms with van der Waals surface area (Å²) in [6, 6.07) is 95.0. The SMILES string of the molecule is c1ccc(-c2cccc3cccc(-c4cccc(N(c5cccc(-c6ccc7c(c6)c6ccccc6n7-c6ccccc6)c5)c5ccccc5-n5c6ccccc6c6ccccc65)c4)c23)cc1. The fraction of sp³-hybridized carbons (Fsp3) is 0. The van der Waals surface area contributed by atoms with Crippen molar-refractivity contribution in [2.24, 2.45) is 0 Å². The molecule has 0 bridgehead atoms. The number of hydrogen-bond donors (Lipinski definition) is 0. The molecule has 0 unspecified atom stereocenters. The maximum Gasteiger partial charge on any atom is 0.0702 e. The maximum atomic E-state index is 2.45. The Morgan fingerprint density at radius 1 is 0.284 bits per heavy atom. The van der Waals surface area contributed by atoms with Crippen molar-refractivity contribution >= 4 is 71.4 Å². The van der Waals surface area contributed by atoms with Crippen LogP contribution in [0.4, 0.5) is 17.1 Å². The number of benzene rings is 11. The first-order valence-electron chi connectivity index (χ1n) is 23.0. The van der Waals surface area contributed by atoms with Crippen molar-refractivity contribution in [2.75, 3.05) is 4.90 Å². The van der Waals surface area contributed by atoms with Crippen LogP contribution in [0.1, 0.15) is 0 Å². The van der Waals surface area contributed by atoms with Gasteiger partial charge in [-0.05, 0) is 123 Å². The molecule has 0 aliphatic rings. The molecule has 13 aromatic rings. The predicted molar refractivity (Wildman–Crippen MR) is 284 cm³/mol. The van der Waals surface area contributed by atoms with Crippen LogP contribution in [-0.4, -0.2) is 9.13 Å². The zero-order valence-electron chi connectivity index (χ0n) is 36.7. The Hall–Kier alpha value is -8.92. The molecular weight excluding hydrogens is 811 g/mol. The predicted octanol–water partition coefficient (Wildman–Crippen LogP) is 17.5. The Kier molecular flexibility index (Phi) is 9.17. The molecule has 11 aromatic carbocycles. The van der Waals surface area contributed by atoms with Crippen LogP contribution in [0.5, 0.6) is 0 Å². The Labute approximate surface area is 389 Å². The van der Waals surface area contributed by atoms with Gasteiger partial charge in [0.25, 0.3) is 0 Å². The molecule has 0 N–H and O–H groups in total. The van der Waals surface area contributed by atoms with Gasteiger partial charge in [0.2, 0.25) is 0 Å². The van der Waals surface area contributed by atoms with E-state index in [4.69, 9.17) is 0 Å². The summed E-state index contributed by atoms with van der Waals surface area (Å²) in [7, 11) is 0. The number of anilines is 3. The lowest BCUT2D eigenvalue weighted by Gasteiger charge is -2.29. The molecule has 3 heteroatoms. The van der Waals surface area contributed by atoms with Gasteiger partial charge in [-0.3, -0.25) is 0 Å². The number of para-hydroxylation sites is 6. The molecule has 13 rings (SSSR count). The van der Waals surface area contributed by atoms with Crippen molar-refractivity contribution in [1.29, 1.82) is 0 Å². The lowest BCUT2D eigenvalue weighted by Crippen LogP contribution is -2.13. The summed E-state index contributed by atoms with van der Waals surface area (Å²) in [5.74, 6) is 0. The highest BCUT2D eigenvalue weighted by Crippen LogP contribution is 2.45. The molecule has 0 amide bonds. The summed E-state index contributed by atoms with van der Waals surface area (Å²) in [6.07, 6.45) is 0. The third kappa shape index (κ3) is 6.43. The topological polar surface area (TPSA) is 13.1 Å². The van der Waals surface area contributed by atoms with Gasteiger partial charge >= 0.3 is 0 Å². The van der Waals surface area contributed by atoms with Gasteiger partial charge in [-0.15, -0.1) is 0 Å². The van der Waals surface area contributed by atoms with Crippen LogP contribution in [0.3, 0.4) is 0 Å². The van der Waals surface area contributed by atoms with E-state index in [1.807, 2.05) is 0 Å². The molecule has 0 saturated carbocycles. The van der Waals surface area contributed by atoms with Crippen LogP contribution in [0.15, 0.2) is 261 Å². The lowest BCUT2D eigenvalue weighted by molar-refractivity contribution is 1.15. The van der Waals surface area contributed by atoms with Gasteiger partial charge in [0.05, 0.1) is 33.4 Å². The molecule has 0 fully saturated rings. The zero-order valence-corrected chi connectivity index (χ0v) is 36.7. The summed E-state index contributed by atoms with van der Waals surface area (Å²) < 4.78 is 4.82. The summed E-state index contributed by atoms with van der Waals surface area (Å²) in [5, 5.41) is 7.40. The van der Waals surface area contributed by atoms with Crippen molar-refractivity contribution in [1.82, 2.24) is 9.13 Å². The number of fused-ring (bicyclic) bond motifs is 7. The minimum atomic E-state index is 1.07. The Balaban J connectivity index is 1.03. The van der Waals surface area contributed by atoms with E-state index in [1.165, 1.54) is 76.6 Å². The Morgan fingerprint density at radius 2 is 0.761 bits per heavy atom. The van der Waals surface area contributed by atoms with Crippen LogP contribution in [0.2, 0.25) is 0 Å². The average Bonchev–Trinajstić information content (AvgIpc) is 3.92. The molecule has 2 aromatic heterocycles. The normalized spacial score (nSPS) is 11.6. The van der Waals surface area contributed by atoms with Gasteiger partial charge in [-0.25, -0.2) is 0 Å². The molecule has 0 saturated heterocycles. The maximum absolute atomic E-state index is 2.45. The van der Waals surface area contributed by atoms with E-state index in [2.05, 4.69) is 275 Å². The van der Waals surface area contributed by atoms with E-state index >= 15 is 0 Å². The van der Waals surface area contributed by atoms with Gasteiger partial charge in [0.1, 0.15) is 0 Å². The second kappa shape index (κ2) is 16.0. The second-order valence-corrected chi connectivity index (χ2v) is 17.3. The molecule has 0 atom stereocenters. The van der Waals surface area contributed by atoms with E-state index in [9.17, 15) is 0 Å². The van der Waals surface area contributed by atoms with Crippen LogP contribution >= 0.6 is 0 Å². The molecule has 0 aliphatic heterocycles. The molecule has 0 aliphatic carbocycles. The van der Waals surface area contributed by atoms with Crippen LogP contribution < -0.4 is 4.90 Å². The molecule has 0 radical (unpaired) electrons. The van der Waals surface area contributed by atoms with Crippen LogP contribution in [-0.2, 0) is 0 Å². The van der Waals surface area contributed by atoms with E-state index in [-0.39, 0.29) is 0 Å². The molecule has 67 heavy (non-hydrogen) atoms. The minimum Gasteiger partial charge on any atom is -0.309 e. The molecule has 314 valence electrons. The van der Waals surface area contributed by atoms with E-state index in [1.54, 1.807) is 0 Å². The fourth-order valence-corrected chi connectivity index (χ4v) is 10.5. The van der Waals surface area contributed by atoms with Gasteiger partial charge in [0.15, 0.2) is 0 Å². The highest BCUT2D eigenvalue weighted by molar-refractivity contribution is 6.12. The first-order chi connectivity index (χ1) is 33.3. The zero-order chi connectivity index (χ0) is 44.3. The summed E-state index contributed by atoms with van der Waals surface area (Å²) in [4.78, 5) is 2.45. The molecule has 2 heterocycles. The monoisotopic (exact) mass is 853 g/mol. The minimum absolute atomic E-state index is 1.07. The summed E-state index contributed by atoms with van der Waals surface area (Å²) in [5.41, 5.74) is 17.3. The Bertz CT molecular complexity index is 3930. The van der Waals surface area contributed by atoms with Crippen molar-refractivity contribution in [2.45, 2.75) is 0 Å². The fourth-order valence-electron chi connectivity index (χ4n) is 10.5. The molecule has 3 nitrogen and oxygen atoms in total. The number of aromatic nitrogens is 2. The van der Waals surface area contributed by atoms with Crippen molar-refractivity contribution in [3.8, 4) is 44.8 Å². The third-order valence-corrected chi connectivity index (χ3v) is 13.5. The first-order valence-corrected chi connectivity index (χ1v) is 23.0. The van der Waals surface area contributed by atoms with Crippen LogP contribution in [0, 0.1) is 0 Å².